The van der Waals surface area contributed by atoms with Crippen molar-refractivity contribution in [3.63, 3.8) is 0 Å². The Labute approximate surface area is 124 Å². The van der Waals surface area contributed by atoms with E-state index in [1.54, 1.807) is 0 Å². The van der Waals surface area contributed by atoms with E-state index in [1.807, 2.05) is 6.07 Å². The summed E-state index contributed by atoms with van der Waals surface area (Å²) in [5.41, 5.74) is 3.22. The molecule has 0 aromatic carbocycles. The molecule has 0 N–H and O–H groups in total. The Kier molecular flexibility index (Phi) is 3.68. The Bertz CT molecular complexity index is 665. The highest BCUT2D eigenvalue weighted by molar-refractivity contribution is 5.73. The second kappa shape index (κ2) is 5.48. The third kappa shape index (κ3) is 2.78. The van der Waals surface area contributed by atoms with E-state index >= 15 is 0 Å². The molecule has 1 fully saturated rings. The molecule has 2 unspecified atom stereocenters. The lowest BCUT2D eigenvalue weighted by atomic mass is 9.99. The van der Waals surface area contributed by atoms with Crippen LogP contribution in [0.1, 0.15) is 18.2 Å². The number of hydrogen-bond donors (Lipinski definition) is 0. The van der Waals surface area contributed by atoms with Crippen LogP contribution in [0.2, 0.25) is 0 Å². The van der Waals surface area contributed by atoms with Crippen LogP contribution in [-0.4, -0.2) is 40.5 Å². The van der Waals surface area contributed by atoms with Crippen LogP contribution in [0.4, 0.5) is 0 Å². The Balaban J connectivity index is 1.72. The van der Waals surface area contributed by atoms with Crippen molar-refractivity contribution < 1.29 is 9.53 Å². The topological polar surface area (TPSA) is 46.8 Å². The number of rotatable bonds is 3. The van der Waals surface area contributed by atoms with Gasteiger partial charge >= 0.3 is 5.97 Å². The largest absolute Gasteiger partial charge is 0.469 e. The number of aromatic nitrogens is 2. The minimum atomic E-state index is -0.101. The van der Waals surface area contributed by atoms with Crippen molar-refractivity contribution in [2.45, 2.75) is 20.4 Å². The first kappa shape index (κ1) is 14.1. The monoisotopic (exact) mass is 287 g/mol. The molecule has 2 aromatic heterocycles. The van der Waals surface area contributed by atoms with Crippen LogP contribution >= 0.6 is 0 Å². The zero-order valence-corrected chi connectivity index (χ0v) is 12.7. The normalized spacial score (nSPS) is 22.8. The lowest BCUT2D eigenvalue weighted by molar-refractivity contribution is -0.146. The molecule has 0 bridgehead atoms. The van der Waals surface area contributed by atoms with Crippen molar-refractivity contribution >= 4 is 11.6 Å². The summed E-state index contributed by atoms with van der Waals surface area (Å²) in [6.07, 6.45) is 4.15. The molecule has 0 amide bonds. The summed E-state index contributed by atoms with van der Waals surface area (Å²) in [6.45, 7) is 6.61. The number of methoxy groups -OCH3 is 1. The summed E-state index contributed by atoms with van der Waals surface area (Å²) < 4.78 is 6.94. The number of aryl methyl sites for hydroxylation is 1. The van der Waals surface area contributed by atoms with E-state index in [1.165, 1.54) is 12.7 Å². The van der Waals surface area contributed by atoms with E-state index in [0.717, 1.165) is 31.0 Å². The fourth-order valence-corrected chi connectivity index (χ4v) is 3.12. The number of carbonyl (C=O) groups is 1. The van der Waals surface area contributed by atoms with Crippen LogP contribution in [-0.2, 0) is 16.1 Å². The predicted octanol–water partition coefficient (Wildman–Crippen LogP) is 1.88. The third-order valence-corrected chi connectivity index (χ3v) is 4.23. The number of ether oxygens (including phenoxy) is 1. The van der Waals surface area contributed by atoms with Crippen molar-refractivity contribution in [1.29, 1.82) is 0 Å². The van der Waals surface area contributed by atoms with Gasteiger partial charge in [-0.15, -0.1) is 0 Å². The maximum Gasteiger partial charge on any atom is 0.310 e. The molecule has 5 nitrogen and oxygen atoms in total. The smallest absolute Gasteiger partial charge is 0.310 e. The molecule has 5 heteroatoms. The third-order valence-electron chi connectivity index (χ3n) is 4.23. The van der Waals surface area contributed by atoms with Crippen molar-refractivity contribution in [2.75, 3.05) is 20.2 Å². The van der Waals surface area contributed by atoms with Gasteiger partial charge in [0.25, 0.3) is 0 Å². The number of hydrogen-bond acceptors (Lipinski definition) is 4. The van der Waals surface area contributed by atoms with Crippen LogP contribution in [0.3, 0.4) is 0 Å². The van der Waals surface area contributed by atoms with E-state index in [-0.39, 0.29) is 11.9 Å². The molecular formula is C16H21N3O2. The molecular weight excluding hydrogens is 266 g/mol. The first-order chi connectivity index (χ1) is 10.1. The molecule has 0 saturated carbocycles. The first-order valence-corrected chi connectivity index (χ1v) is 7.31. The second-order valence-corrected chi connectivity index (χ2v) is 6.01. The molecule has 0 aliphatic carbocycles. The Hall–Kier alpha value is -1.88. The van der Waals surface area contributed by atoms with Crippen molar-refractivity contribution in [3.05, 3.63) is 35.8 Å². The highest BCUT2D eigenvalue weighted by Crippen LogP contribution is 2.25. The van der Waals surface area contributed by atoms with Crippen LogP contribution < -0.4 is 0 Å². The van der Waals surface area contributed by atoms with Gasteiger partial charge < -0.3 is 9.14 Å². The number of pyridine rings is 1. The lowest BCUT2D eigenvalue weighted by Gasteiger charge is -2.13. The maximum absolute atomic E-state index is 11.7. The van der Waals surface area contributed by atoms with E-state index < -0.39 is 0 Å². The molecule has 1 aliphatic rings. The van der Waals surface area contributed by atoms with Gasteiger partial charge in [0.05, 0.1) is 18.7 Å². The number of nitrogens with zero attached hydrogens (tertiary/aromatic N) is 3. The molecule has 0 radical (unpaired) electrons. The molecule has 0 spiro atoms. The standard InChI is InChI=1S/C16H21N3O2/c1-11-4-5-15-17-13(9-19(15)6-11)8-18-7-12(2)14(10-18)16(20)21-3/h4-6,9,12,14H,7-8,10H2,1-3H3. The maximum atomic E-state index is 11.7. The SMILES string of the molecule is COC(=O)C1CN(Cc2cn3cc(C)ccc3n2)CC1C. The average Bonchev–Trinajstić information content (AvgIpc) is 3.00. The average molecular weight is 287 g/mol. The molecule has 1 aliphatic heterocycles. The van der Waals surface area contributed by atoms with Gasteiger partial charge in [0.2, 0.25) is 0 Å². The first-order valence-electron chi connectivity index (χ1n) is 7.31. The van der Waals surface area contributed by atoms with E-state index in [0.29, 0.717) is 5.92 Å². The summed E-state index contributed by atoms with van der Waals surface area (Å²) in [5, 5.41) is 0. The van der Waals surface area contributed by atoms with Gasteiger partial charge in [0, 0.05) is 32.0 Å². The van der Waals surface area contributed by atoms with Gasteiger partial charge in [-0.05, 0) is 24.5 Å². The summed E-state index contributed by atoms with van der Waals surface area (Å²) in [5.74, 6) is 0.210. The number of esters is 1. The molecule has 21 heavy (non-hydrogen) atoms. The second-order valence-electron chi connectivity index (χ2n) is 6.01. The predicted molar refractivity (Wildman–Crippen MR) is 79.9 cm³/mol. The van der Waals surface area contributed by atoms with Crippen molar-refractivity contribution in [1.82, 2.24) is 14.3 Å². The molecule has 2 atom stereocenters. The molecule has 3 heterocycles. The Morgan fingerprint density at radius 1 is 1.38 bits per heavy atom. The summed E-state index contributed by atoms with van der Waals surface area (Å²) >= 11 is 0. The van der Waals surface area contributed by atoms with E-state index in [4.69, 9.17) is 4.74 Å². The fraction of sp³-hybridized carbons (Fsp3) is 0.500. The quantitative estimate of drug-likeness (QED) is 0.809. The molecule has 2 aromatic rings. The minimum absolute atomic E-state index is 0.0192. The Morgan fingerprint density at radius 3 is 2.95 bits per heavy atom. The van der Waals surface area contributed by atoms with Gasteiger partial charge in [0.1, 0.15) is 5.65 Å². The molecule has 112 valence electrons. The number of imidazole rings is 1. The van der Waals surface area contributed by atoms with E-state index in [2.05, 4.69) is 46.6 Å². The van der Waals surface area contributed by atoms with Crippen molar-refractivity contribution in [2.24, 2.45) is 11.8 Å². The highest BCUT2D eigenvalue weighted by Gasteiger charge is 2.35. The zero-order chi connectivity index (χ0) is 15.0. The van der Waals surface area contributed by atoms with Crippen LogP contribution in [0, 0.1) is 18.8 Å². The van der Waals surface area contributed by atoms with Gasteiger partial charge in [-0.25, -0.2) is 4.98 Å². The highest BCUT2D eigenvalue weighted by atomic mass is 16.5. The zero-order valence-electron chi connectivity index (χ0n) is 12.7. The van der Waals surface area contributed by atoms with Gasteiger partial charge in [0.15, 0.2) is 0 Å². The lowest BCUT2D eigenvalue weighted by Crippen LogP contribution is -2.24. The number of carbonyl (C=O) groups excluding carboxylic acids is 1. The number of likely N-dealkylation sites (tertiary alicyclic amines) is 1. The molecule has 3 rings (SSSR count). The van der Waals surface area contributed by atoms with Crippen LogP contribution in [0.5, 0.6) is 0 Å². The minimum Gasteiger partial charge on any atom is -0.469 e. The fourth-order valence-electron chi connectivity index (χ4n) is 3.12. The summed E-state index contributed by atoms with van der Waals surface area (Å²) in [4.78, 5) is 18.6. The van der Waals surface area contributed by atoms with Gasteiger partial charge in [-0.1, -0.05) is 13.0 Å². The molecule has 1 saturated heterocycles. The van der Waals surface area contributed by atoms with Crippen LogP contribution in [0.15, 0.2) is 24.5 Å². The summed E-state index contributed by atoms with van der Waals surface area (Å²) in [6, 6.07) is 4.10. The van der Waals surface area contributed by atoms with Gasteiger partial charge in [-0.2, -0.15) is 0 Å². The number of fused-ring (bicyclic) bond motifs is 1. The van der Waals surface area contributed by atoms with Crippen molar-refractivity contribution in [3.8, 4) is 0 Å². The Morgan fingerprint density at radius 2 is 2.19 bits per heavy atom. The van der Waals surface area contributed by atoms with E-state index in [9.17, 15) is 4.79 Å². The summed E-state index contributed by atoms with van der Waals surface area (Å²) in [7, 11) is 1.46. The van der Waals surface area contributed by atoms with Crippen LogP contribution in [0.25, 0.3) is 5.65 Å². The van der Waals surface area contributed by atoms with Gasteiger partial charge in [-0.3, -0.25) is 9.69 Å².